The number of hydrogen-bond donors (Lipinski definition) is 0. The average Bonchev–Trinajstić information content (AvgIpc) is 3.30. The molecule has 4 nitrogen and oxygen atoms in total. The molecule has 0 spiro atoms. The lowest BCUT2D eigenvalue weighted by Gasteiger charge is -2.35. The molecule has 0 saturated carbocycles. The molecule has 1 aliphatic carbocycles. The number of thiophene rings is 1. The Morgan fingerprint density at radius 1 is 1.32 bits per heavy atom. The molecule has 166 valence electrons. The van der Waals surface area contributed by atoms with E-state index < -0.39 is 0 Å². The molecule has 0 radical (unpaired) electrons. The number of fused-ring (bicyclic) bond motifs is 1. The molecule has 0 amide bonds. The third-order valence-corrected chi connectivity index (χ3v) is 8.23. The Balaban J connectivity index is 1.58. The lowest BCUT2D eigenvalue weighted by Crippen LogP contribution is -2.28. The highest BCUT2D eigenvalue weighted by Gasteiger charge is 2.33. The van der Waals surface area contributed by atoms with Gasteiger partial charge in [0.1, 0.15) is 11.1 Å². The van der Waals surface area contributed by atoms with E-state index in [1.807, 2.05) is 0 Å². The van der Waals surface area contributed by atoms with Crippen LogP contribution in [0.3, 0.4) is 0 Å². The number of aryl methyl sites for hydroxylation is 1. The topological polar surface area (TPSA) is 55.1 Å². The summed E-state index contributed by atoms with van der Waals surface area (Å²) in [4.78, 5) is 6.19. The number of aromatic nitrogens is 1. The molecule has 1 saturated heterocycles. The van der Waals surface area contributed by atoms with E-state index in [1.165, 1.54) is 22.6 Å². The first-order valence-electron chi connectivity index (χ1n) is 11.3. The normalized spacial score (nSPS) is 21.5. The zero-order valence-electron chi connectivity index (χ0n) is 18.8. The molecule has 2 aromatic heterocycles. The third-order valence-electron chi connectivity index (χ3n) is 6.40. The van der Waals surface area contributed by atoms with E-state index in [0.29, 0.717) is 12.5 Å². The van der Waals surface area contributed by atoms with Crippen molar-refractivity contribution >= 4 is 23.1 Å². The van der Waals surface area contributed by atoms with Gasteiger partial charge < -0.3 is 9.47 Å². The fourth-order valence-corrected chi connectivity index (χ4v) is 6.18. The van der Waals surface area contributed by atoms with Crippen LogP contribution in [0.2, 0.25) is 0 Å². The number of ether oxygens (including phenoxy) is 2. The van der Waals surface area contributed by atoms with Crippen molar-refractivity contribution in [1.82, 2.24) is 4.98 Å². The van der Waals surface area contributed by atoms with Crippen LogP contribution in [0, 0.1) is 22.7 Å². The third kappa shape index (κ3) is 5.34. The molecule has 3 heterocycles. The Kier molecular flexibility index (Phi) is 7.38. The zero-order valence-corrected chi connectivity index (χ0v) is 20.4. The summed E-state index contributed by atoms with van der Waals surface area (Å²) in [6.07, 6.45) is 6.34. The first-order chi connectivity index (χ1) is 15.0. The smallest absolute Gasteiger partial charge is 0.157 e. The van der Waals surface area contributed by atoms with E-state index in [2.05, 4.69) is 44.4 Å². The molecule has 2 aromatic rings. The van der Waals surface area contributed by atoms with Crippen LogP contribution in [0.25, 0.3) is 10.4 Å². The van der Waals surface area contributed by atoms with E-state index >= 15 is 0 Å². The Hall–Kier alpha value is -1.39. The van der Waals surface area contributed by atoms with Crippen molar-refractivity contribution in [1.29, 1.82) is 5.26 Å². The van der Waals surface area contributed by atoms with Crippen molar-refractivity contribution in [2.45, 2.75) is 70.6 Å². The van der Waals surface area contributed by atoms with Gasteiger partial charge in [0.15, 0.2) is 6.29 Å². The second kappa shape index (κ2) is 10.0. The van der Waals surface area contributed by atoms with Gasteiger partial charge in [-0.25, -0.2) is 4.98 Å². The van der Waals surface area contributed by atoms with Gasteiger partial charge in [-0.3, -0.25) is 0 Å². The number of nitriles is 1. The fraction of sp³-hybridized carbons (Fsp3) is 0.600. The molecular formula is C25H32N2O2S2. The van der Waals surface area contributed by atoms with Gasteiger partial charge in [-0.05, 0) is 66.9 Å². The maximum atomic E-state index is 10.1. The van der Waals surface area contributed by atoms with Gasteiger partial charge in [-0.15, -0.1) is 23.1 Å². The largest absolute Gasteiger partial charge is 0.353 e. The van der Waals surface area contributed by atoms with Crippen LogP contribution in [-0.2, 0) is 22.3 Å². The molecule has 0 aromatic carbocycles. The zero-order chi connectivity index (χ0) is 21.8. The molecule has 1 fully saturated rings. The van der Waals surface area contributed by atoms with Crippen molar-refractivity contribution < 1.29 is 9.47 Å². The summed E-state index contributed by atoms with van der Waals surface area (Å²) in [7, 11) is 0. The van der Waals surface area contributed by atoms with Gasteiger partial charge >= 0.3 is 0 Å². The first kappa shape index (κ1) is 22.8. The minimum atomic E-state index is -0.0720. The van der Waals surface area contributed by atoms with Crippen molar-refractivity contribution in [2.75, 3.05) is 19.0 Å². The SMILES string of the molecule is CC(C)(C)C1CCc2nc(SCCOC3CCCCO3)c(C#N)c(-c3cccs3)c2C1. The van der Waals surface area contributed by atoms with Gasteiger partial charge in [0, 0.05) is 28.5 Å². The van der Waals surface area contributed by atoms with Crippen molar-refractivity contribution in [3.8, 4) is 16.5 Å². The lowest BCUT2D eigenvalue weighted by atomic mass is 9.70. The van der Waals surface area contributed by atoms with Gasteiger partial charge in [-0.1, -0.05) is 26.8 Å². The second-order valence-corrected chi connectivity index (χ2v) is 11.5. The predicted molar refractivity (Wildman–Crippen MR) is 128 cm³/mol. The highest BCUT2D eigenvalue weighted by molar-refractivity contribution is 7.99. The molecule has 2 unspecified atom stereocenters. The molecular weight excluding hydrogens is 424 g/mol. The summed E-state index contributed by atoms with van der Waals surface area (Å²) in [5.41, 5.74) is 4.58. The van der Waals surface area contributed by atoms with E-state index in [9.17, 15) is 5.26 Å². The Morgan fingerprint density at radius 3 is 2.87 bits per heavy atom. The number of hydrogen-bond acceptors (Lipinski definition) is 6. The van der Waals surface area contributed by atoms with Crippen molar-refractivity contribution in [3.63, 3.8) is 0 Å². The summed E-state index contributed by atoms with van der Waals surface area (Å²) >= 11 is 3.35. The van der Waals surface area contributed by atoms with E-state index in [1.54, 1.807) is 23.1 Å². The number of pyridine rings is 1. The molecule has 4 rings (SSSR count). The van der Waals surface area contributed by atoms with Gasteiger partial charge in [0.25, 0.3) is 0 Å². The minimum Gasteiger partial charge on any atom is -0.353 e. The predicted octanol–water partition coefficient (Wildman–Crippen LogP) is 6.47. The molecule has 2 aliphatic rings. The van der Waals surface area contributed by atoms with Gasteiger partial charge in [-0.2, -0.15) is 5.26 Å². The molecule has 0 N–H and O–H groups in total. The monoisotopic (exact) mass is 456 g/mol. The first-order valence-corrected chi connectivity index (χ1v) is 13.2. The number of nitrogens with zero attached hydrogens (tertiary/aromatic N) is 2. The van der Waals surface area contributed by atoms with Crippen LogP contribution in [-0.4, -0.2) is 30.2 Å². The van der Waals surface area contributed by atoms with Crippen LogP contribution in [0.5, 0.6) is 0 Å². The summed E-state index contributed by atoms with van der Waals surface area (Å²) in [6, 6.07) is 6.72. The number of rotatable bonds is 6. The quantitative estimate of drug-likeness (QED) is 0.368. The van der Waals surface area contributed by atoms with Crippen LogP contribution in [0.1, 0.15) is 63.3 Å². The number of thioether (sulfide) groups is 1. The summed E-state index contributed by atoms with van der Waals surface area (Å²) < 4.78 is 11.6. The van der Waals surface area contributed by atoms with Crippen molar-refractivity contribution in [3.05, 3.63) is 34.3 Å². The van der Waals surface area contributed by atoms with Crippen LogP contribution in [0.15, 0.2) is 22.5 Å². The van der Waals surface area contributed by atoms with Gasteiger partial charge in [0.2, 0.25) is 0 Å². The highest BCUT2D eigenvalue weighted by Crippen LogP contribution is 2.44. The second-order valence-electron chi connectivity index (χ2n) is 9.50. The van der Waals surface area contributed by atoms with Crippen molar-refractivity contribution in [2.24, 2.45) is 11.3 Å². The summed E-state index contributed by atoms with van der Waals surface area (Å²) in [6.45, 7) is 8.38. The molecule has 0 bridgehead atoms. The average molecular weight is 457 g/mol. The maximum Gasteiger partial charge on any atom is 0.157 e. The molecule has 1 aliphatic heterocycles. The van der Waals surface area contributed by atoms with Gasteiger partial charge in [0.05, 0.1) is 12.2 Å². The fourth-order valence-electron chi connectivity index (χ4n) is 4.53. The van der Waals surface area contributed by atoms with E-state index in [0.717, 1.165) is 60.6 Å². The van der Waals surface area contributed by atoms with Crippen LogP contribution < -0.4 is 0 Å². The Bertz CT molecular complexity index is 922. The molecule has 2 atom stereocenters. The Labute approximate surface area is 194 Å². The van der Waals surface area contributed by atoms with Crippen LogP contribution in [0.4, 0.5) is 0 Å². The Morgan fingerprint density at radius 2 is 2.19 bits per heavy atom. The highest BCUT2D eigenvalue weighted by atomic mass is 32.2. The standard InChI is InChI=1S/C25H32N2O2S2/c1-25(2,3)17-9-10-20-18(15-17)23(21-7-6-13-30-21)19(16-26)24(27-20)31-14-12-29-22-8-4-5-11-28-22/h6-7,13,17,22H,4-5,8-12,14-15H2,1-3H3. The summed E-state index contributed by atoms with van der Waals surface area (Å²) in [5.74, 6) is 1.38. The lowest BCUT2D eigenvalue weighted by molar-refractivity contribution is -0.158. The molecule has 31 heavy (non-hydrogen) atoms. The maximum absolute atomic E-state index is 10.1. The summed E-state index contributed by atoms with van der Waals surface area (Å²) in [5, 5.41) is 13.1. The van der Waals surface area contributed by atoms with Crippen LogP contribution >= 0.6 is 23.1 Å². The minimum absolute atomic E-state index is 0.0720. The van der Waals surface area contributed by atoms with E-state index in [-0.39, 0.29) is 11.7 Å². The molecule has 6 heteroatoms. The van der Waals surface area contributed by atoms with E-state index in [4.69, 9.17) is 14.5 Å².